The molecule has 0 spiro atoms. The van der Waals surface area contributed by atoms with Gasteiger partial charge in [0.2, 0.25) is 0 Å². The summed E-state index contributed by atoms with van der Waals surface area (Å²) in [5, 5.41) is 9.11. The maximum Gasteiger partial charge on any atom is 0.431 e. The number of carbonyl (C=O) groups excluding carboxylic acids is 1. The zero-order chi connectivity index (χ0) is 14.8. The summed E-state index contributed by atoms with van der Waals surface area (Å²) in [4.78, 5) is 25.9. The van der Waals surface area contributed by atoms with E-state index >= 15 is 0 Å². The summed E-state index contributed by atoms with van der Waals surface area (Å²) in [7, 11) is 1.34. The number of aromatic nitrogens is 1. The number of H-pyrrole nitrogens is 1. The van der Waals surface area contributed by atoms with E-state index < -0.39 is 35.0 Å². The van der Waals surface area contributed by atoms with Crippen molar-refractivity contribution in [2.24, 2.45) is 0 Å². The second kappa shape index (κ2) is 5.43. The van der Waals surface area contributed by atoms with E-state index in [4.69, 9.17) is 5.11 Å². The zero-order valence-electron chi connectivity index (χ0n) is 10.3. The quantitative estimate of drug-likeness (QED) is 0.860. The van der Waals surface area contributed by atoms with E-state index in [9.17, 15) is 22.8 Å². The van der Waals surface area contributed by atoms with Crippen molar-refractivity contribution in [1.29, 1.82) is 0 Å². The van der Waals surface area contributed by atoms with Gasteiger partial charge in [-0.2, -0.15) is 13.2 Å². The first kappa shape index (κ1) is 15.2. The Morgan fingerprint density at radius 3 is 2.47 bits per heavy atom. The van der Waals surface area contributed by atoms with E-state index in [2.05, 4.69) is 0 Å². The number of aliphatic hydroxyl groups excluding tert-OH is 1. The summed E-state index contributed by atoms with van der Waals surface area (Å²) < 4.78 is 37.0. The molecule has 0 fully saturated rings. The van der Waals surface area contributed by atoms with E-state index in [1.165, 1.54) is 14.0 Å². The molecule has 0 aliphatic rings. The zero-order valence-corrected chi connectivity index (χ0v) is 10.3. The largest absolute Gasteiger partial charge is 0.431 e. The van der Waals surface area contributed by atoms with Crippen LogP contribution in [-0.2, 0) is 6.18 Å². The highest BCUT2D eigenvalue weighted by Gasteiger charge is 2.32. The molecule has 0 aliphatic heterocycles. The van der Waals surface area contributed by atoms with E-state index in [0.717, 1.165) is 11.0 Å². The third-order valence-electron chi connectivity index (χ3n) is 2.33. The van der Waals surface area contributed by atoms with Gasteiger partial charge in [0.05, 0.1) is 6.10 Å². The Balaban J connectivity index is 3.04. The minimum atomic E-state index is -4.67. The number of pyridine rings is 1. The van der Waals surface area contributed by atoms with Crippen LogP contribution in [0, 0.1) is 0 Å². The van der Waals surface area contributed by atoms with Crippen molar-refractivity contribution in [1.82, 2.24) is 9.88 Å². The number of aliphatic hydroxyl groups is 1. The van der Waals surface area contributed by atoms with Gasteiger partial charge >= 0.3 is 6.18 Å². The van der Waals surface area contributed by atoms with Crippen molar-refractivity contribution in [2.45, 2.75) is 19.2 Å². The third kappa shape index (κ3) is 3.82. The predicted molar refractivity (Wildman–Crippen MR) is 60.7 cm³/mol. The highest BCUT2D eigenvalue weighted by molar-refractivity contribution is 5.93. The number of hydrogen-bond acceptors (Lipinski definition) is 3. The molecule has 0 aliphatic carbocycles. The monoisotopic (exact) mass is 278 g/mol. The molecule has 1 amide bonds. The second-order valence-corrected chi connectivity index (χ2v) is 4.15. The lowest BCUT2D eigenvalue weighted by Crippen LogP contribution is -2.36. The third-order valence-corrected chi connectivity index (χ3v) is 2.33. The van der Waals surface area contributed by atoms with Crippen molar-refractivity contribution < 1.29 is 23.1 Å². The minimum absolute atomic E-state index is 0.0285. The van der Waals surface area contributed by atoms with Crippen LogP contribution in [0.15, 0.2) is 16.9 Å². The van der Waals surface area contributed by atoms with Crippen LogP contribution in [0.1, 0.15) is 23.0 Å². The van der Waals surface area contributed by atoms with Crippen molar-refractivity contribution in [3.63, 3.8) is 0 Å². The lowest BCUT2D eigenvalue weighted by Gasteiger charge is -2.18. The minimum Gasteiger partial charge on any atom is -0.392 e. The van der Waals surface area contributed by atoms with Gasteiger partial charge in [-0.3, -0.25) is 9.59 Å². The summed E-state index contributed by atoms with van der Waals surface area (Å²) in [6.45, 7) is 1.42. The maximum atomic E-state index is 12.3. The molecule has 8 heteroatoms. The number of halogens is 3. The molecule has 5 nitrogen and oxygen atoms in total. The van der Waals surface area contributed by atoms with Gasteiger partial charge in [-0.1, -0.05) is 0 Å². The molecule has 1 heterocycles. The van der Waals surface area contributed by atoms with Crippen LogP contribution < -0.4 is 5.56 Å². The van der Waals surface area contributed by atoms with Crippen molar-refractivity contribution in [3.8, 4) is 0 Å². The number of hydrogen-bond donors (Lipinski definition) is 2. The first-order valence-electron chi connectivity index (χ1n) is 5.37. The highest BCUT2D eigenvalue weighted by Crippen LogP contribution is 2.26. The molecule has 1 rings (SSSR count). The van der Waals surface area contributed by atoms with Gasteiger partial charge in [-0.15, -0.1) is 0 Å². The first-order chi connectivity index (χ1) is 8.62. The average Bonchev–Trinajstić information content (AvgIpc) is 2.25. The van der Waals surface area contributed by atoms with Gasteiger partial charge in [0.15, 0.2) is 0 Å². The summed E-state index contributed by atoms with van der Waals surface area (Å²) in [6, 6.07) is 1.45. The first-order valence-corrected chi connectivity index (χ1v) is 5.37. The van der Waals surface area contributed by atoms with Crippen LogP contribution >= 0.6 is 0 Å². The summed E-state index contributed by atoms with van der Waals surface area (Å²) in [5.74, 6) is -0.754. The molecular formula is C11H13F3N2O3. The normalized spacial score (nSPS) is 13.2. The van der Waals surface area contributed by atoms with Gasteiger partial charge < -0.3 is 15.0 Å². The standard InChI is InChI=1S/C11H13F3N2O3/c1-6(17)5-16(2)10(19)7-3-4-8(11(12,13)14)15-9(7)18/h3-4,6,17H,5H2,1-2H3,(H,15,18). The second-order valence-electron chi connectivity index (χ2n) is 4.15. The van der Waals surface area contributed by atoms with Crippen molar-refractivity contribution in [2.75, 3.05) is 13.6 Å². The van der Waals surface area contributed by atoms with Crippen molar-refractivity contribution in [3.05, 3.63) is 33.7 Å². The van der Waals surface area contributed by atoms with Crippen LogP contribution in [-0.4, -0.2) is 40.6 Å². The molecule has 1 aromatic rings. The molecule has 0 bridgehead atoms. The van der Waals surface area contributed by atoms with Crippen LogP contribution in [0.2, 0.25) is 0 Å². The molecule has 106 valence electrons. The Kier molecular flexibility index (Phi) is 4.35. The smallest absolute Gasteiger partial charge is 0.392 e. The fourth-order valence-corrected chi connectivity index (χ4v) is 1.49. The van der Waals surface area contributed by atoms with Gasteiger partial charge in [0.25, 0.3) is 11.5 Å². The molecule has 1 unspecified atom stereocenters. The Morgan fingerprint density at radius 2 is 2.05 bits per heavy atom. The van der Waals surface area contributed by atoms with Gasteiger partial charge in [0.1, 0.15) is 11.3 Å². The summed E-state index contributed by atoms with van der Waals surface area (Å²) in [5.41, 5.74) is -2.74. The van der Waals surface area contributed by atoms with Crippen LogP contribution in [0.5, 0.6) is 0 Å². The van der Waals surface area contributed by atoms with Gasteiger partial charge in [-0.05, 0) is 19.1 Å². The van der Waals surface area contributed by atoms with Crippen LogP contribution in [0.4, 0.5) is 13.2 Å². The summed E-state index contributed by atoms with van der Waals surface area (Å²) in [6.07, 6.45) is -5.48. The van der Waals surface area contributed by atoms with E-state index in [1.54, 1.807) is 4.98 Å². The topological polar surface area (TPSA) is 73.4 Å². The molecule has 19 heavy (non-hydrogen) atoms. The predicted octanol–water partition coefficient (Wildman–Crippen LogP) is 0.847. The molecule has 2 N–H and O–H groups in total. The van der Waals surface area contributed by atoms with E-state index in [-0.39, 0.29) is 6.54 Å². The Bertz CT molecular complexity index is 523. The number of aromatic amines is 1. The number of rotatable bonds is 3. The number of amides is 1. The SMILES string of the molecule is CC(O)CN(C)C(=O)c1ccc(C(F)(F)F)[nH]c1=O. The molecule has 0 saturated heterocycles. The fourth-order valence-electron chi connectivity index (χ4n) is 1.49. The van der Waals surface area contributed by atoms with Crippen molar-refractivity contribution >= 4 is 5.91 Å². The fraction of sp³-hybridized carbons (Fsp3) is 0.455. The highest BCUT2D eigenvalue weighted by atomic mass is 19.4. The number of alkyl halides is 3. The lowest BCUT2D eigenvalue weighted by atomic mass is 10.2. The molecule has 0 aromatic carbocycles. The Morgan fingerprint density at radius 1 is 1.47 bits per heavy atom. The molecule has 1 atom stereocenters. The number of carbonyl (C=O) groups is 1. The lowest BCUT2D eigenvalue weighted by molar-refractivity contribution is -0.141. The molecule has 1 aromatic heterocycles. The average molecular weight is 278 g/mol. The Labute approximate surface area is 106 Å². The van der Waals surface area contributed by atoms with Gasteiger partial charge in [-0.25, -0.2) is 0 Å². The van der Waals surface area contributed by atoms with Crippen LogP contribution in [0.3, 0.4) is 0 Å². The van der Waals surface area contributed by atoms with E-state index in [0.29, 0.717) is 6.07 Å². The molecule has 0 radical (unpaired) electrons. The van der Waals surface area contributed by atoms with Gasteiger partial charge in [0, 0.05) is 13.6 Å². The number of nitrogens with zero attached hydrogens (tertiary/aromatic N) is 1. The van der Waals surface area contributed by atoms with E-state index in [1.807, 2.05) is 0 Å². The number of nitrogens with one attached hydrogen (secondary N) is 1. The molecular weight excluding hydrogens is 265 g/mol. The number of likely N-dealkylation sites (N-methyl/N-ethyl adjacent to an activating group) is 1. The maximum absolute atomic E-state index is 12.3. The van der Waals surface area contributed by atoms with Crippen LogP contribution in [0.25, 0.3) is 0 Å². The summed E-state index contributed by atoms with van der Waals surface area (Å²) >= 11 is 0. The molecule has 0 saturated carbocycles. The Hall–Kier alpha value is -1.83.